The molecule has 0 bridgehead atoms. The van der Waals surface area contributed by atoms with E-state index in [4.69, 9.17) is 4.74 Å². The Morgan fingerprint density at radius 2 is 1.15 bits per heavy atom. The van der Waals surface area contributed by atoms with Crippen LogP contribution in [0.25, 0.3) is 0 Å². The van der Waals surface area contributed by atoms with E-state index < -0.39 is 17.8 Å². The number of Topliss-reactive ketones (excluding diaryl/α,β-unsaturated/α-hetero) is 2. The summed E-state index contributed by atoms with van der Waals surface area (Å²) in [4.78, 5) is 70.7. The van der Waals surface area contributed by atoms with Gasteiger partial charge in [-0.2, -0.15) is 0 Å². The van der Waals surface area contributed by atoms with Gasteiger partial charge in [0.2, 0.25) is 0 Å². The molecule has 0 aliphatic carbocycles. The van der Waals surface area contributed by atoms with Crippen molar-refractivity contribution in [3.05, 3.63) is 143 Å². The summed E-state index contributed by atoms with van der Waals surface area (Å²) in [6.07, 6.45) is 0. The maximum atomic E-state index is 12.6. The number of imide groups is 1. The quantitative estimate of drug-likeness (QED) is 0.0872. The topological polar surface area (TPSA) is 171 Å². The molecule has 53 heavy (non-hydrogen) atoms. The largest absolute Gasteiger partial charge is 0.478 e. The van der Waals surface area contributed by atoms with Crippen LogP contribution in [-0.2, 0) is 4.79 Å². The zero-order chi connectivity index (χ0) is 38.7. The number of carboxylic acid groups (broad SMARTS) is 1. The molecule has 0 saturated carbocycles. The van der Waals surface area contributed by atoms with Crippen molar-refractivity contribution in [3.8, 4) is 11.5 Å². The molecule has 3 amide bonds. The monoisotopic (exact) mass is 714 g/mol. The Hall–Kier alpha value is -7.08. The van der Waals surface area contributed by atoms with Crippen LogP contribution in [-0.4, -0.2) is 54.5 Å². The molecule has 0 spiro atoms. The zero-order valence-electron chi connectivity index (χ0n) is 29.7. The first kappa shape index (κ1) is 38.7. The molecule has 5 aromatic rings. The highest BCUT2D eigenvalue weighted by molar-refractivity contribution is 6.34. The van der Waals surface area contributed by atoms with E-state index in [-0.39, 0.29) is 34.2 Å². The van der Waals surface area contributed by atoms with Crippen molar-refractivity contribution >= 4 is 58.0 Å². The lowest BCUT2D eigenvalue weighted by atomic mass is 10.0. The molecule has 0 saturated heterocycles. The molecule has 12 heteroatoms. The predicted octanol–water partition coefficient (Wildman–Crippen LogP) is 7.80. The van der Waals surface area contributed by atoms with Crippen LogP contribution in [0.4, 0.5) is 22.7 Å². The normalized spacial score (nSPS) is 11.2. The van der Waals surface area contributed by atoms with Crippen molar-refractivity contribution in [2.24, 2.45) is 0 Å². The molecule has 0 atom stereocenters. The molecule has 4 N–H and O–H groups in total. The van der Waals surface area contributed by atoms with Crippen molar-refractivity contribution < 1.29 is 38.6 Å². The van der Waals surface area contributed by atoms with Gasteiger partial charge in [0.25, 0.3) is 17.7 Å². The zero-order valence-corrected chi connectivity index (χ0v) is 29.7. The molecule has 12 nitrogen and oxygen atoms in total. The smallest absolute Gasteiger partial charge is 0.336 e. The molecule has 0 aromatic heterocycles. The van der Waals surface area contributed by atoms with Crippen LogP contribution in [0.15, 0.2) is 115 Å². The average molecular weight is 715 g/mol. The summed E-state index contributed by atoms with van der Waals surface area (Å²) in [5, 5.41) is 17.9. The number of amides is 3. The van der Waals surface area contributed by atoms with E-state index >= 15 is 0 Å². The lowest BCUT2D eigenvalue weighted by molar-refractivity contribution is -0.115. The minimum atomic E-state index is -1.14. The van der Waals surface area contributed by atoms with Gasteiger partial charge in [0.1, 0.15) is 17.3 Å². The lowest BCUT2D eigenvalue weighted by Crippen LogP contribution is -2.29. The minimum Gasteiger partial charge on any atom is -0.478 e. The van der Waals surface area contributed by atoms with Gasteiger partial charge < -0.3 is 30.6 Å². The van der Waals surface area contributed by atoms with Crippen molar-refractivity contribution in [1.29, 1.82) is 0 Å². The number of anilines is 4. The Kier molecular flexibility index (Phi) is 12.9. The van der Waals surface area contributed by atoms with Gasteiger partial charge in [-0.05, 0) is 112 Å². The van der Waals surface area contributed by atoms with Gasteiger partial charge in [-0.15, -0.1) is 0 Å². The van der Waals surface area contributed by atoms with Crippen molar-refractivity contribution in [3.63, 3.8) is 0 Å². The number of nitrogens with zero attached hydrogens (tertiary/aromatic N) is 1. The highest BCUT2D eigenvalue weighted by Crippen LogP contribution is 2.31. The highest BCUT2D eigenvalue weighted by atomic mass is 16.5. The second kappa shape index (κ2) is 17.7. The second-order valence-electron chi connectivity index (χ2n) is 11.7. The number of hydrogen-bond acceptors (Lipinski definition) is 9. The summed E-state index contributed by atoms with van der Waals surface area (Å²) in [5.74, 6) is -1.06. The number of carbonyl (C=O) groups excluding carboxylic acids is 5. The van der Waals surface area contributed by atoms with Crippen LogP contribution >= 0.6 is 0 Å². The van der Waals surface area contributed by atoms with Gasteiger partial charge in [-0.3, -0.25) is 19.2 Å². The molecule has 5 aromatic carbocycles. The summed E-state index contributed by atoms with van der Waals surface area (Å²) in [7, 11) is 3.61. The highest BCUT2D eigenvalue weighted by Gasteiger charge is 2.37. The average Bonchev–Trinajstić information content (AvgIpc) is 3.40. The van der Waals surface area contributed by atoms with Gasteiger partial charge in [0.05, 0.1) is 27.9 Å². The number of nitrogens with one attached hydrogen (secondary N) is 3. The number of aromatic carboxylic acids is 1. The summed E-state index contributed by atoms with van der Waals surface area (Å²) < 4.78 is 5.75. The Bertz CT molecular complexity index is 2160. The number of ketones is 2. The van der Waals surface area contributed by atoms with E-state index in [1.54, 1.807) is 67.7 Å². The van der Waals surface area contributed by atoms with Crippen LogP contribution < -0.4 is 25.6 Å². The third-order valence-corrected chi connectivity index (χ3v) is 7.58. The maximum absolute atomic E-state index is 12.6. The van der Waals surface area contributed by atoms with E-state index in [2.05, 4.69) is 16.0 Å². The van der Waals surface area contributed by atoms with Crippen LogP contribution in [0, 0.1) is 0 Å². The minimum absolute atomic E-state index is 0.0417. The van der Waals surface area contributed by atoms with E-state index in [1.807, 2.05) is 37.4 Å². The van der Waals surface area contributed by atoms with E-state index in [1.165, 1.54) is 45.0 Å². The van der Waals surface area contributed by atoms with Crippen LogP contribution in [0.3, 0.4) is 0 Å². The van der Waals surface area contributed by atoms with E-state index in [9.17, 15) is 33.9 Å². The van der Waals surface area contributed by atoms with Gasteiger partial charge in [0, 0.05) is 36.7 Å². The third kappa shape index (κ3) is 10.0. The van der Waals surface area contributed by atoms with Crippen LogP contribution in [0.1, 0.15) is 72.6 Å². The summed E-state index contributed by atoms with van der Waals surface area (Å²) in [6.45, 7) is 4.48. The molecule has 1 aliphatic rings. The Labute approximate surface area is 306 Å². The number of rotatable bonds is 9. The molecule has 0 fully saturated rings. The number of benzene rings is 5. The van der Waals surface area contributed by atoms with Crippen LogP contribution in [0.5, 0.6) is 11.5 Å². The summed E-state index contributed by atoms with van der Waals surface area (Å²) >= 11 is 0. The first-order valence-corrected chi connectivity index (χ1v) is 16.3. The van der Waals surface area contributed by atoms with Crippen molar-refractivity contribution in [1.82, 2.24) is 0 Å². The predicted molar refractivity (Wildman–Crippen MR) is 204 cm³/mol. The lowest BCUT2D eigenvalue weighted by Gasteiger charge is -2.14. The first-order valence-electron chi connectivity index (χ1n) is 16.3. The molecular formula is C41H38N4O8. The Morgan fingerprint density at radius 3 is 1.70 bits per heavy atom. The first-order chi connectivity index (χ1) is 25.3. The molecule has 0 unspecified atom stereocenters. The molecule has 1 aliphatic heterocycles. The standard InChI is InChI=1S/C21H18N2O4.C17H14N2O3.C3H6O/c1-22-14-6-10-16(11-7-14)27-17-12-8-15(9-13-17)23-20(24)18-4-2-3-5-19(18)21(25)26;1-10(20)11-6-7-14-15(8-11)17(22)19(16(14)21)13-5-3-4-12(9-13)18-2;1-3(2)4/h2-13,22H,1H3,(H,23,24)(H,25,26);3-9,18H,1-2H3;1-2H3. The van der Waals surface area contributed by atoms with Crippen LogP contribution in [0.2, 0.25) is 0 Å². The third-order valence-electron chi connectivity index (χ3n) is 7.58. The van der Waals surface area contributed by atoms with Crippen molar-refractivity contribution in [2.45, 2.75) is 20.8 Å². The molecule has 270 valence electrons. The number of carbonyl (C=O) groups is 6. The maximum Gasteiger partial charge on any atom is 0.336 e. The van der Waals surface area contributed by atoms with Gasteiger partial charge in [-0.1, -0.05) is 24.3 Å². The Morgan fingerprint density at radius 1 is 0.604 bits per heavy atom. The summed E-state index contributed by atoms with van der Waals surface area (Å²) in [5.41, 5.74) is 3.92. The fourth-order valence-electron chi connectivity index (χ4n) is 4.99. The number of ether oxygens (including phenoxy) is 1. The second-order valence-corrected chi connectivity index (χ2v) is 11.7. The molecule has 1 heterocycles. The van der Waals surface area contributed by atoms with Gasteiger partial charge in [-0.25, -0.2) is 9.69 Å². The van der Waals surface area contributed by atoms with Gasteiger partial charge >= 0.3 is 5.97 Å². The molecular weight excluding hydrogens is 676 g/mol. The summed E-state index contributed by atoms with van der Waals surface area (Å²) in [6, 6.07) is 32.1. The molecule has 6 rings (SSSR count). The fourth-order valence-corrected chi connectivity index (χ4v) is 4.99. The van der Waals surface area contributed by atoms with E-state index in [0.29, 0.717) is 34.0 Å². The number of fused-ring (bicyclic) bond motifs is 1. The SMILES string of the molecule is CC(C)=O.CNc1ccc(Oc2ccc(NC(=O)c3ccccc3C(=O)O)cc2)cc1.CNc1cccc(N2C(=O)c3ccc(C(C)=O)cc3C2=O)c1. The fraction of sp³-hybridized carbons (Fsp3) is 0.122. The molecule has 0 radical (unpaired) electrons. The Balaban J connectivity index is 0.000000218. The van der Waals surface area contributed by atoms with E-state index in [0.717, 1.165) is 16.3 Å². The number of hydrogen-bond donors (Lipinski definition) is 4. The van der Waals surface area contributed by atoms with Gasteiger partial charge in [0.15, 0.2) is 5.78 Å². The van der Waals surface area contributed by atoms with Crippen molar-refractivity contribution in [2.75, 3.05) is 34.9 Å². The number of carboxylic acids is 1.